The first kappa shape index (κ1) is 12.0. The predicted octanol–water partition coefficient (Wildman–Crippen LogP) is 2.85. The molecule has 1 rings (SSSR count). The Hall–Kier alpha value is -1.06. The first-order valence-electron chi connectivity index (χ1n) is 4.20. The summed E-state index contributed by atoms with van der Waals surface area (Å²) in [6.07, 6.45) is 0. The lowest BCUT2D eigenvalue weighted by atomic mass is 10.1. The summed E-state index contributed by atoms with van der Waals surface area (Å²) in [7, 11) is 0. The van der Waals surface area contributed by atoms with Crippen LogP contribution in [0.1, 0.15) is 12.5 Å². The summed E-state index contributed by atoms with van der Waals surface area (Å²) in [5.74, 6) is 0. The molecular weight excluding hydrogens is 237 g/mol. The molecule has 3 nitrogen and oxygen atoms in total. The van der Waals surface area contributed by atoms with Crippen LogP contribution in [-0.2, 0) is 9.63 Å². The van der Waals surface area contributed by atoms with Crippen LogP contribution >= 0.6 is 23.2 Å². The van der Waals surface area contributed by atoms with Crippen LogP contribution in [0, 0.1) is 0 Å². The zero-order valence-corrected chi connectivity index (χ0v) is 9.55. The molecule has 0 aliphatic heterocycles. The summed E-state index contributed by atoms with van der Waals surface area (Å²) in [4.78, 5) is 15.1. The maximum absolute atomic E-state index is 10.4. The second-order valence-electron chi connectivity index (χ2n) is 2.81. The molecule has 0 atom stereocenters. The summed E-state index contributed by atoms with van der Waals surface area (Å²) in [5, 5.41) is 3.81. The highest BCUT2D eigenvalue weighted by atomic mass is 35.5. The molecule has 0 fully saturated rings. The van der Waals surface area contributed by atoms with Gasteiger partial charge in [0.25, 0.3) is 5.24 Å². The van der Waals surface area contributed by atoms with Crippen molar-refractivity contribution < 1.29 is 9.63 Å². The van der Waals surface area contributed by atoms with Crippen molar-refractivity contribution in [3.8, 4) is 0 Å². The number of halogens is 2. The van der Waals surface area contributed by atoms with Crippen molar-refractivity contribution in [3.05, 3.63) is 34.9 Å². The highest BCUT2D eigenvalue weighted by molar-refractivity contribution is 6.63. The van der Waals surface area contributed by atoms with Crippen LogP contribution in [0.5, 0.6) is 0 Å². The Morgan fingerprint density at radius 2 is 2.00 bits per heavy atom. The largest absolute Gasteiger partial charge is 0.386 e. The van der Waals surface area contributed by atoms with E-state index in [9.17, 15) is 4.79 Å². The lowest BCUT2D eigenvalue weighted by Crippen LogP contribution is -2.01. The van der Waals surface area contributed by atoms with Crippen LogP contribution in [0.15, 0.2) is 29.4 Å². The van der Waals surface area contributed by atoms with E-state index >= 15 is 0 Å². The van der Waals surface area contributed by atoms with Gasteiger partial charge in [0.05, 0.1) is 5.71 Å². The van der Waals surface area contributed by atoms with Crippen LogP contribution in [0.25, 0.3) is 0 Å². The molecule has 15 heavy (non-hydrogen) atoms. The summed E-state index contributed by atoms with van der Waals surface area (Å²) < 4.78 is 0. The number of carbonyl (C=O) groups excluding carboxylic acids is 1. The van der Waals surface area contributed by atoms with Gasteiger partial charge in [0.1, 0.15) is 0 Å². The Labute approximate surface area is 97.6 Å². The van der Waals surface area contributed by atoms with Gasteiger partial charge in [-0.05, 0) is 36.2 Å². The maximum Gasteiger partial charge on any atom is 0.262 e. The van der Waals surface area contributed by atoms with E-state index in [4.69, 9.17) is 28.0 Å². The van der Waals surface area contributed by atoms with Gasteiger partial charge in [-0.25, -0.2) is 0 Å². The number of hydrogen-bond acceptors (Lipinski definition) is 3. The van der Waals surface area contributed by atoms with Gasteiger partial charge < -0.3 is 4.84 Å². The fourth-order valence-electron chi connectivity index (χ4n) is 0.924. The molecule has 0 amide bonds. The van der Waals surface area contributed by atoms with Crippen molar-refractivity contribution in [3.63, 3.8) is 0 Å². The molecule has 0 N–H and O–H groups in total. The maximum atomic E-state index is 10.4. The van der Waals surface area contributed by atoms with Gasteiger partial charge in [0, 0.05) is 5.02 Å². The minimum Gasteiger partial charge on any atom is -0.386 e. The fraction of sp³-hybridized carbons (Fsp3) is 0.200. The standard InChI is InChI=1S/C10H9Cl2NO2/c1-7(13-15-6-10(12)14)8-2-4-9(11)5-3-8/h2-5H,6H2,1H3/b13-7-. The molecule has 0 radical (unpaired) electrons. The Morgan fingerprint density at radius 3 is 2.53 bits per heavy atom. The van der Waals surface area contributed by atoms with Crippen LogP contribution < -0.4 is 0 Å². The van der Waals surface area contributed by atoms with Crippen LogP contribution in [0.3, 0.4) is 0 Å². The highest BCUT2D eigenvalue weighted by Gasteiger charge is 1.99. The molecule has 0 aliphatic carbocycles. The second kappa shape index (κ2) is 5.73. The summed E-state index contributed by atoms with van der Waals surface area (Å²) in [6.45, 7) is 1.54. The SMILES string of the molecule is C/C(=N/OCC(=O)Cl)c1ccc(Cl)cc1. The van der Waals surface area contributed by atoms with Crippen LogP contribution in [0.2, 0.25) is 5.02 Å². The minimum absolute atomic E-state index is 0.230. The zero-order valence-electron chi connectivity index (χ0n) is 8.04. The molecule has 1 aromatic carbocycles. The van der Waals surface area contributed by atoms with E-state index < -0.39 is 5.24 Å². The lowest BCUT2D eigenvalue weighted by Gasteiger charge is -2.00. The number of oxime groups is 1. The van der Waals surface area contributed by atoms with E-state index in [0.29, 0.717) is 10.7 Å². The smallest absolute Gasteiger partial charge is 0.262 e. The number of carbonyl (C=O) groups is 1. The first-order chi connectivity index (χ1) is 7.09. The van der Waals surface area contributed by atoms with Gasteiger partial charge in [0.15, 0.2) is 6.61 Å². The monoisotopic (exact) mass is 245 g/mol. The molecule has 0 heterocycles. The summed E-state index contributed by atoms with van der Waals surface area (Å²) in [5.41, 5.74) is 1.53. The van der Waals surface area contributed by atoms with Crippen molar-refractivity contribution in [2.24, 2.45) is 5.16 Å². The van der Waals surface area contributed by atoms with Gasteiger partial charge in [0.2, 0.25) is 0 Å². The molecule has 0 saturated carbocycles. The Kier molecular flexibility index (Phi) is 4.59. The molecule has 0 saturated heterocycles. The second-order valence-corrected chi connectivity index (χ2v) is 3.67. The van der Waals surface area contributed by atoms with Crippen molar-refractivity contribution in [2.45, 2.75) is 6.92 Å². The molecule has 0 aromatic heterocycles. The van der Waals surface area contributed by atoms with Crippen LogP contribution in [0.4, 0.5) is 0 Å². The molecule has 5 heteroatoms. The van der Waals surface area contributed by atoms with Crippen molar-refractivity contribution in [1.82, 2.24) is 0 Å². The van der Waals surface area contributed by atoms with E-state index in [1.54, 1.807) is 19.1 Å². The van der Waals surface area contributed by atoms with Crippen molar-refractivity contribution in [2.75, 3.05) is 6.61 Å². The number of nitrogens with zero attached hydrogens (tertiary/aromatic N) is 1. The van der Waals surface area contributed by atoms with Gasteiger partial charge in [-0.15, -0.1) is 0 Å². The first-order valence-corrected chi connectivity index (χ1v) is 4.96. The third-order valence-corrected chi connectivity index (χ3v) is 2.00. The van der Waals surface area contributed by atoms with Gasteiger partial charge in [-0.3, -0.25) is 4.79 Å². The highest BCUT2D eigenvalue weighted by Crippen LogP contribution is 2.10. The normalized spacial score (nSPS) is 11.3. The van der Waals surface area contributed by atoms with E-state index in [0.717, 1.165) is 5.56 Å². The van der Waals surface area contributed by atoms with Crippen molar-refractivity contribution in [1.29, 1.82) is 0 Å². The van der Waals surface area contributed by atoms with E-state index in [-0.39, 0.29) is 6.61 Å². The minimum atomic E-state index is -0.581. The molecule has 0 unspecified atom stereocenters. The summed E-state index contributed by atoms with van der Waals surface area (Å²) >= 11 is 10.8. The molecular formula is C10H9Cl2NO2. The van der Waals surface area contributed by atoms with Gasteiger partial charge in [-0.2, -0.15) is 0 Å². The zero-order chi connectivity index (χ0) is 11.3. The third kappa shape index (κ3) is 4.32. The molecule has 0 aliphatic rings. The number of hydrogen-bond donors (Lipinski definition) is 0. The number of rotatable bonds is 4. The molecule has 1 aromatic rings. The van der Waals surface area contributed by atoms with E-state index in [1.807, 2.05) is 12.1 Å². The van der Waals surface area contributed by atoms with E-state index in [1.165, 1.54) is 0 Å². The van der Waals surface area contributed by atoms with Gasteiger partial charge in [-0.1, -0.05) is 28.9 Å². The Balaban J connectivity index is 2.63. The quantitative estimate of drug-likeness (QED) is 0.465. The predicted molar refractivity (Wildman–Crippen MR) is 60.5 cm³/mol. The topological polar surface area (TPSA) is 38.7 Å². The Morgan fingerprint density at radius 1 is 1.40 bits per heavy atom. The lowest BCUT2D eigenvalue weighted by molar-refractivity contribution is -0.115. The molecule has 80 valence electrons. The summed E-state index contributed by atoms with van der Waals surface area (Å²) in [6, 6.07) is 7.13. The van der Waals surface area contributed by atoms with Crippen LogP contribution in [-0.4, -0.2) is 17.6 Å². The Bertz CT molecular complexity index is 374. The molecule has 0 bridgehead atoms. The van der Waals surface area contributed by atoms with E-state index in [2.05, 4.69) is 5.16 Å². The van der Waals surface area contributed by atoms with Gasteiger partial charge >= 0.3 is 0 Å². The third-order valence-electron chi connectivity index (χ3n) is 1.64. The average molecular weight is 246 g/mol. The number of benzene rings is 1. The van der Waals surface area contributed by atoms with Crippen molar-refractivity contribution >= 4 is 34.2 Å². The molecule has 0 spiro atoms. The average Bonchev–Trinajstić information content (AvgIpc) is 2.18. The fourth-order valence-corrected chi connectivity index (χ4v) is 1.10.